The SMILES string of the molecule is Clc1ccc(-c2nc3cccc(-c4cn5ccsc5n4)c3[nH]2)cc1. The van der Waals surface area contributed by atoms with Gasteiger partial charge in [0.05, 0.1) is 16.7 Å². The number of imidazole rings is 2. The second-order valence-electron chi connectivity index (χ2n) is 5.51. The summed E-state index contributed by atoms with van der Waals surface area (Å²) in [4.78, 5) is 13.8. The number of hydrogen-bond donors (Lipinski definition) is 1. The molecule has 0 atom stereocenters. The lowest BCUT2D eigenvalue weighted by Gasteiger charge is -1.98. The van der Waals surface area contributed by atoms with Crippen LogP contribution in [0.15, 0.2) is 60.2 Å². The van der Waals surface area contributed by atoms with Crippen molar-refractivity contribution in [3.05, 3.63) is 65.3 Å². The third-order valence-corrected chi connectivity index (χ3v) is 5.03. The molecular formula is C18H11ClN4S. The summed E-state index contributed by atoms with van der Waals surface area (Å²) in [5.74, 6) is 0.829. The van der Waals surface area contributed by atoms with Crippen LogP contribution >= 0.6 is 22.9 Å². The summed E-state index contributed by atoms with van der Waals surface area (Å²) >= 11 is 7.60. The van der Waals surface area contributed by atoms with E-state index in [-0.39, 0.29) is 0 Å². The third-order valence-electron chi connectivity index (χ3n) is 4.00. The molecule has 2 aromatic carbocycles. The van der Waals surface area contributed by atoms with Gasteiger partial charge in [-0.15, -0.1) is 11.3 Å². The van der Waals surface area contributed by atoms with Crippen LogP contribution in [0.3, 0.4) is 0 Å². The van der Waals surface area contributed by atoms with Crippen molar-refractivity contribution in [1.82, 2.24) is 19.4 Å². The maximum Gasteiger partial charge on any atom is 0.194 e. The first-order chi connectivity index (χ1) is 11.8. The number of thiazole rings is 1. The quantitative estimate of drug-likeness (QED) is 0.472. The average Bonchev–Trinajstić information content (AvgIpc) is 3.28. The van der Waals surface area contributed by atoms with Crippen LogP contribution in [0.25, 0.3) is 38.6 Å². The molecule has 0 amide bonds. The zero-order chi connectivity index (χ0) is 16.1. The molecule has 6 heteroatoms. The van der Waals surface area contributed by atoms with Gasteiger partial charge in [-0.1, -0.05) is 23.7 Å². The van der Waals surface area contributed by atoms with Gasteiger partial charge in [-0.05, 0) is 30.3 Å². The molecule has 0 unspecified atom stereocenters. The fraction of sp³-hybridized carbons (Fsp3) is 0. The van der Waals surface area contributed by atoms with Gasteiger partial charge in [0, 0.05) is 33.9 Å². The summed E-state index contributed by atoms with van der Waals surface area (Å²) in [6.45, 7) is 0. The first-order valence-corrected chi connectivity index (χ1v) is 8.71. The largest absolute Gasteiger partial charge is 0.337 e. The van der Waals surface area contributed by atoms with Crippen LogP contribution in [0, 0.1) is 0 Å². The zero-order valence-corrected chi connectivity index (χ0v) is 14.0. The fourth-order valence-corrected chi connectivity index (χ4v) is 3.67. The number of benzene rings is 2. The van der Waals surface area contributed by atoms with Gasteiger partial charge in [-0.2, -0.15) is 0 Å². The number of para-hydroxylation sites is 1. The van der Waals surface area contributed by atoms with Crippen molar-refractivity contribution in [2.45, 2.75) is 0 Å². The Balaban J connectivity index is 1.69. The number of halogens is 1. The predicted octanol–water partition coefficient (Wildman–Crippen LogP) is 5.26. The Kier molecular flexibility index (Phi) is 2.98. The highest BCUT2D eigenvalue weighted by Crippen LogP contribution is 2.30. The molecule has 3 heterocycles. The van der Waals surface area contributed by atoms with Gasteiger partial charge < -0.3 is 4.98 Å². The van der Waals surface area contributed by atoms with Crippen molar-refractivity contribution >= 4 is 38.9 Å². The minimum atomic E-state index is 0.716. The van der Waals surface area contributed by atoms with Crippen molar-refractivity contribution in [1.29, 1.82) is 0 Å². The molecule has 0 aliphatic carbocycles. The van der Waals surface area contributed by atoms with Gasteiger partial charge in [0.25, 0.3) is 0 Å². The molecular weight excluding hydrogens is 340 g/mol. The highest BCUT2D eigenvalue weighted by atomic mass is 35.5. The number of fused-ring (bicyclic) bond motifs is 2. The molecule has 0 saturated heterocycles. The van der Waals surface area contributed by atoms with Crippen LogP contribution in [0.4, 0.5) is 0 Å². The number of rotatable bonds is 2. The Labute approximate surface area is 146 Å². The van der Waals surface area contributed by atoms with Gasteiger partial charge in [0.2, 0.25) is 0 Å². The van der Waals surface area contributed by atoms with Gasteiger partial charge >= 0.3 is 0 Å². The Morgan fingerprint density at radius 2 is 1.92 bits per heavy atom. The van der Waals surface area contributed by atoms with E-state index in [1.165, 1.54) is 0 Å². The molecule has 0 fully saturated rings. The highest BCUT2D eigenvalue weighted by molar-refractivity contribution is 7.15. The van der Waals surface area contributed by atoms with Crippen LogP contribution in [0.5, 0.6) is 0 Å². The number of nitrogens with zero attached hydrogens (tertiary/aromatic N) is 3. The lowest BCUT2D eigenvalue weighted by molar-refractivity contribution is 1.23. The third kappa shape index (κ3) is 2.13. The summed E-state index contributed by atoms with van der Waals surface area (Å²) < 4.78 is 2.04. The van der Waals surface area contributed by atoms with Crippen molar-refractivity contribution in [2.75, 3.05) is 0 Å². The second kappa shape index (κ2) is 5.19. The highest BCUT2D eigenvalue weighted by Gasteiger charge is 2.13. The monoisotopic (exact) mass is 350 g/mol. The van der Waals surface area contributed by atoms with Crippen molar-refractivity contribution in [3.8, 4) is 22.6 Å². The van der Waals surface area contributed by atoms with Crippen LogP contribution in [0.2, 0.25) is 5.02 Å². The molecule has 24 heavy (non-hydrogen) atoms. The number of hydrogen-bond acceptors (Lipinski definition) is 3. The number of H-pyrrole nitrogens is 1. The molecule has 1 N–H and O–H groups in total. The fourth-order valence-electron chi connectivity index (χ4n) is 2.85. The molecule has 0 saturated carbocycles. The summed E-state index contributed by atoms with van der Waals surface area (Å²) in [5, 5.41) is 2.75. The molecule has 0 bridgehead atoms. The van der Waals surface area contributed by atoms with Crippen LogP contribution in [0.1, 0.15) is 0 Å². The maximum atomic E-state index is 5.97. The van der Waals surface area contributed by atoms with Crippen molar-refractivity contribution in [2.24, 2.45) is 0 Å². The zero-order valence-electron chi connectivity index (χ0n) is 12.4. The molecule has 3 aromatic heterocycles. The summed E-state index contributed by atoms with van der Waals surface area (Å²) in [7, 11) is 0. The average molecular weight is 351 g/mol. The van der Waals surface area contributed by atoms with Gasteiger partial charge in [0.15, 0.2) is 4.96 Å². The van der Waals surface area contributed by atoms with E-state index in [1.807, 2.05) is 58.6 Å². The van der Waals surface area contributed by atoms with Crippen LogP contribution in [-0.2, 0) is 0 Å². The smallest absolute Gasteiger partial charge is 0.194 e. The predicted molar refractivity (Wildman–Crippen MR) is 98.6 cm³/mol. The lowest BCUT2D eigenvalue weighted by Crippen LogP contribution is -1.81. The van der Waals surface area contributed by atoms with Gasteiger partial charge in [-0.3, -0.25) is 4.40 Å². The first kappa shape index (κ1) is 13.8. The number of nitrogens with one attached hydrogen (secondary N) is 1. The van der Waals surface area contributed by atoms with Gasteiger partial charge in [0.1, 0.15) is 5.82 Å². The van der Waals surface area contributed by atoms with E-state index >= 15 is 0 Å². The van der Waals surface area contributed by atoms with Crippen molar-refractivity contribution < 1.29 is 0 Å². The van der Waals surface area contributed by atoms with E-state index in [0.717, 1.165) is 38.6 Å². The van der Waals surface area contributed by atoms with E-state index in [0.29, 0.717) is 5.02 Å². The molecule has 0 aliphatic heterocycles. The minimum absolute atomic E-state index is 0.716. The Morgan fingerprint density at radius 3 is 2.75 bits per heavy atom. The standard InChI is InChI=1S/C18H11ClN4S/c19-12-6-4-11(5-7-12)17-20-14-3-1-2-13(16(14)22-17)15-10-23-8-9-24-18(23)21-15/h1-10H,(H,20,22). The first-order valence-electron chi connectivity index (χ1n) is 7.45. The Morgan fingerprint density at radius 1 is 1.04 bits per heavy atom. The van der Waals surface area contributed by atoms with Gasteiger partial charge in [-0.25, -0.2) is 9.97 Å². The van der Waals surface area contributed by atoms with E-state index in [9.17, 15) is 0 Å². The maximum absolute atomic E-state index is 5.97. The lowest BCUT2D eigenvalue weighted by atomic mass is 10.1. The molecule has 4 nitrogen and oxygen atoms in total. The summed E-state index contributed by atoms with van der Waals surface area (Å²) in [6.07, 6.45) is 4.06. The van der Waals surface area contributed by atoms with E-state index in [2.05, 4.69) is 11.1 Å². The molecule has 0 radical (unpaired) electrons. The van der Waals surface area contributed by atoms with Crippen molar-refractivity contribution in [3.63, 3.8) is 0 Å². The molecule has 0 spiro atoms. The summed E-state index contributed by atoms with van der Waals surface area (Å²) in [5.41, 5.74) is 4.92. The number of aromatic nitrogens is 4. The molecule has 5 aromatic rings. The van der Waals surface area contributed by atoms with E-state index in [1.54, 1.807) is 11.3 Å². The van der Waals surface area contributed by atoms with Crippen LogP contribution < -0.4 is 0 Å². The Bertz CT molecular complexity index is 1140. The summed E-state index contributed by atoms with van der Waals surface area (Å²) in [6, 6.07) is 13.8. The second-order valence-corrected chi connectivity index (χ2v) is 6.82. The molecule has 116 valence electrons. The molecule has 0 aliphatic rings. The minimum Gasteiger partial charge on any atom is -0.337 e. The van der Waals surface area contributed by atoms with E-state index < -0.39 is 0 Å². The normalized spacial score (nSPS) is 11.5. The topological polar surface area (TPSA) is 46.0 Å². The molecule has 5 rings (SSSR count). The number of aromatic amines is 1. The van der Waals surface area contributed by atoms with E-state index in [4.69, 9.17) is 21.6 Å². The Hall–Kier alpha value is -2.63. The van der Waals surface area contributed by atoms with Crippen LogP contribution in [-0.4, -0.2) is 19.4 Å².